The van der Waals surface area contributed by atoms with Crippen LogP contribution in [-0.2, 0) is 5.41 Å². The molecular formula is C14H20O2. The first kappa shape index (κ1) is 11.5. The van der Waals surface area contributed by atoms with E-state index in [2.05, 4.69) is 19.9 Å². The Balaban J connectivity index is 2.49. The molecule has 0 heterocycles. The number of benzene rings is 1. The van der Waals surface area contributed by atoms with E-state index >= 15 is 0 Å². The van der Waals surface area contributed by atoms with Crippen LogP contribution in [0.3, 0.4) is 0 Å². The van der Waals surface area contributed by atoms with Crippen molar-refractivity contribution < 1.29 is 10.2 Å². The van der Waals surface area contributed by atoms with Gasteiger partial charge in [-0.15, -0.1) is 0 Å². The van der Waals surface area contributed by atoms with Gasteiger partial charge in [-0.05, 0) is 36.8 Å². The number of hydrogen-bond acceptors (Lipinski definition) is 2. The average molecular weight is 220 g/mol. The predicted molar refractivity (Wildman–Crippen MR) is 64.8 cm³/mol. The van der Waals surface area contributed by atoms with Crippen molar-refractivity contribution in [2.45, 2.75) is 44.4 Å². The fourth-order valence-corrected chi connectivity index (χ4v) is 3.44. The molecule has 2 nitrogen and oxygen atoms in total. The molecule has 0 aromatic heterocycles. The van der Waals surface area contributed by atoms with Gasteiger partial charge in [0.25, 0.3) is 0 Å². The van der Waals surface area contributed by atoms with Gasteiger partial charge in [0.1, 0.15) is 5.75 Å². The van der Waals surface area contributed by atoms with Gasteiger partial charge < -0.3 is 10.2 Å². The van der Waals surface area contributed by atoms with Crippen LogP contribution in [0.4, 0.5) is 0 Å². The molecule has 1 unspecified atom stereocenters. The molecule has 2 N–H and O–H groups in total. The van der Waals surface area contributed by atoms with Crippen LogP contribution in [0.2, 0.25) is 0 Å². The molecule has 0 radical (unpaired) electrons. The summed E-state index contributed by atoms with van der Waals surface area (Å²) in [6, 6.07) is 5.75. The minimum atomic E-state index is 0.0867. The van der Waals surface area contributed by atoms with Crippen molar-refractivity contribution in [2.75, 3.05) is 6.61 Å². The first-order valence-electron chi connectivity index (χ1n) is 6.14. The highest BCUT2D eigenvalue weighted by molar-refractivity contribution is 5.56. The summed E-state index contributed by atoms with van der Waals surface area (Å²) in [5.74, 6) is 0.838. The number of aliphatic hydroxyl groups is 1. The highest BCUT2D eigenvalue weighted by Gasteiger charge is 2.50. The van der Waals surface area contributed by atoms with E-state index in [9.17, 15) is 5.11 Å². The Hall–Kier alpha value is -1.02. The lowest BCUT2D eigenvalue weighted by molar-refractivity contribution is 0.193. The molecule has 2 heteroatoms. The van der Waals surface area contributed by atoms with Gasteiger partial charge in [-0.3, -0.25) is 0 Å². The highest BCUT2D eigenvalue weighted by Crippen LogP contribution is 2.59. The maximum atomic E-state index is 9.97. The van der Waals surface area contributed by atoms with Crippen molar-refractivity contribution in [3.63, 3.8) is 0 Å². The Labute approximate surface area is 96.9 Å². The molecule has 0 spiro atoms. The number of phenols is 1. The summed E-state index contributed by atoms with van der Waals surface area (Å²) in [6.07, 6.45) is 2.86. The molecule has 1 atom stereocenters. The fraction of sp³-hybridized carbons (Fsp3) is 0.571. The van der Waals surface area contributed by atoms with Crippen LogP contribution >= 0.6 is 0 Å². The molecule has 88 valence electrons. The Kier molecular flexibility index (Phi) is 2.94. The normalized spacial score (nSPS) is 21.3. The van der Waals surface area contributed by atoms with Crippen LogP contribution in [0.15, 0.2) is 18.2 Å². The van der Waals surface area contributed by atoms with E-state index in [0.29, 0.717) is 11.7 Å². The van der Waals surface area contributed by atoms with Crippen molar-refractivity contribution in [3.05, 3.63) is 29.3 Å². The molecule has 0 fully saturated rings. The topological polar surface area (TPSA) is 40.5 Å². The van der Waals surface area contributed by atoms with Crippen LogP contribution in [0, 0.1) is 0 Å². The number of aliphatic hydroxyl groups excluding tert-OH is 1. The number of rotatable bonds is 4. The van der Waals surface area contributed by atoms with E-state index in [1.807, 2.05) is 6.07 Å². The molecule has 0 saturated carbocycles. The zero-order valence-corrected chi connectivity index (χ0v) is 10.0. The number of fused-ring (bicyclic) bond motifs is 1. The smallest absolute Gasteiger partial charge is 0.119 e. The Morgan fingerprint density at radius 1 is 1.25 bits per heavy atom. The van der Waals surface area contributed by atoms with E-state index in [1.165, 1.54) is 5.56 Å². The third kappa shape index (κ3) is 1.29. The third-order valence-electron chi connectivity index (χ3n) is 4.29. The first-order chi connectivity index (χ1) is 7.71. The Morgan fingerprint density at radius 2 is 1.94 bits per heavy atom. The zero-order valence-electron chi connectivity index (χ0n) is 10.0. The van der Waals surface area contributed by atoms with E-state index in [0.717, 1.165) is 24.8 Å². The number of phenolic OH excluding ortho intramolecular Hbond substituents is 1. The van der Waals surface area contributed by atoms with Crippen LogP contribution < -0.4 is 0 Å². The molecule has 1 aromatic carbocycles. The molecule has 1 aliphatic rings. The van der Waals surface area contributed by atoms with Crippen LogP contribution in [0.25, 0.3) is 0 Å². The molecule has 2 rings (SSSR count). The van der Waals surface area contributed by atoms with Crippen LogP contribution in [-0.4, -0.2) is 16.8 Å². The molecule has 1 aromatic rings. The number of hydrogen-bond donors (Lipinski definition) is 2. The largest absolute Gasteiger partial charge is 0.508 e. The minimum absolute atomic E-state index is 0.0867. The van der Waals surface area contributed by atoms with Crippen molar-refractivity contribution in [3.8, 4) is 5.75 Å². The van der Waals surface area contributed by atoms with Gasteiger partial charge in [-0.2, -0.15) is 0 Å². The Bertz CT molecular complexity index is 380. The monoisotopic (exact) mass is 220 g/mol. The van der Waals surface area contributed by atoms with E-state index < -0.39 is 0 Å². The second-order valence-corrected chi connectivity index (χ2v) is 4.67. The van der Waals surface area contributed by atoms with E-state index in [-0.39, 0.29) is 12.0 Å². The SMILES string of the molecule is CCC1(CC)c2c(O)cccc2C1CCO. The molecule has 0 bridgehead atoms. The summed E-state index contributed by atoms with van der Waals surface area (Å²) in [7, 11) is 0. The van der Waals surface area contributed by atoms with E-state index in [1.54, 1.807) is 6.07 Å². The van der Waals surface area contributed by atoms with Crippen LogP contribution in [0.5, 0.6) is 5.75 Å². The van der Waals surface area contributed by atoms with Gasteiger partial charge in [-0.25, -0.2) is 0 Å². The lowest BCUT2D eigenvalue weighted by Gasteiger charge is -2.51. The molecule has 16 heavy (non-hydrogen) atoms. The lowest BCUT2D eigenvalue weighted by Crippen LogP contribution is -2.43. The summed E-state index contributed by atoms with van der Waals surface area (Å²) >= 11 is 0. The molecular weight excluding hydrogens is 200 g/mol. The van der Waals surface area contributed by atoms with Gasteiger partial charge in [0.2, 0.25) is 0 Å². The minimum Gasteiger partial charge on any atom is -0.508 e. The molecule has 1 aliphatic carbocycles. The maximum Gasteiger partial charge on any atom is 0.119 e. The quantitative estimate of drug-likeness (QED) is 0.819. The first-order valence-corrected chi connectivity index (χ1v) is 6.14. The lowest BCUT2D eigenvalue weighted by atomic mass is 9.52. The summed E-state index contributed by atoms with van der Waals surface area (Å²) in [5, 5.41) is 19.1. The van der Waals surface area contributed by atoms with Gasteiger partial charge in [0.15, 0.2) is 0 Å². The summed E-state index contributed by atoms with van der Waals surface area (Å²) in [6.45, 7) is 4.56. The fourth-order valence-electron chi connectivity index (χ4n) is 3.44. The summed E-state index contributed by atoms with van der Waals surface area (Å²) < 4.78 is 0. The van der Waals surface area contributed by atoms with Gasteiger partial charge in [0.05, 0.1) is 0 Å². The molecule has 0 saturated heterocycles. The van der Waals surface area contributed by atoms with Gasteiger partial charge >= 0.3 is 0 Å². The van der Waals surface area contributed by atoms with Gasteiger partial charge in [-0.1, -0.05) is 26.0 Å². The second kappa shape index (κ2) is 4.10. The maximum absolute atomic E-state index is 9.97. The van der Waals surface area contributed by atoms with Crippen molar-refractivity contribution in [1.29, 1.82) is 0 Å². The van der Waals surface area contributed by atoms with Crippen LogP contribution in [0.1, 0.15) is 50.2 Å². The van der Waals surface area contributed by atoms with E-state index in [4.69, 9.17) is 5.11 Å². The average Bonchev–Trinajstić information content (AvgIpc) is 2.29. The van der Waals surface area contributed by atoms with Crippen molar-refractivity contribution in [1.82, 2.24) is 0 Å². The van der Waals surface area contributed by atoms with Crippen molar-refractivity contribution >= 4 is 0 Å². The Morgan fingerprint density at radius 3 is 2.50 bits per heavy atom. The predicted octanol–water partition coefficient (Wildman–Crippen LogP) is 2.93. The molecule has 0 aliphatic heterocycles. The molecule has 0 amide bonds. The highest BCUT2D eigenvalue weighted by atomic mass is 16.3. The standard InChI is InChI=1S/C14H20O2/c1-3-14(4-2)11(8-9-15)10-6-5-7-12(16)13(10)14/h5-7,11,15-16H,3-4,8-9H2,1-2H3. The van der Waals surface area contributed by atoms with Gasteiger partial charge in [0, 0.05) is 17.6 Å². The second-order valence-electron chi connectivity index (χ2n) is 4.67. The zero-order chi connectivity index (χ0) is 11.8. The summed E-state index contributed by atoms with van der Waals surface area (Å²) in [4.78, 5) is 0. The van der Waals surface area contributed by atoms with Crippen molar-refractivity contribution in [2.24, 2.45) is 0 Å². The third-order valence-corrected chi connectivity index (χ3v) is 4.29. The number of aromatic hydroxyl groups is 1. The summed E-state index contributed by atoms with van der Waals surface area (Å²) in [5.41, 5.74) is 2.44.